The number of phosphoric acid groups is 1. The number of hydrogen-bond donors (Lipinski definition) is 2. The Morgan fingerprint density at radius 1 is 0.420 bits per heavy atom. The Hall–Kier alpha value is -1.25. The first-order valence-corrected chi connectivity index (χ1v) is 37.5. The molecule has 10 heteroatoms. The van der Waals surface area contributed by atoms with Crippen molar-refractivity contribution in [2.24, 2.45) is 0 Å². The molecule has 0 spiro atoms. The number of carbonyl (C=O) groups excluding carboxylic acids is 2. The first-order valence-electron chi connectivity index (χ1n) is 36.0. The number of unbranched alkanes of at least 4 members (excludes halogenated alkanes) is 51. The first-order chi connectivity index (χ1) is 39.4. The van der Waals surface area contributed by atoms with Crippen LogP contribution in [0.3, 0.4) is 0 Å². The molecule has 3 atom stereocenters. The molecule has 3 unspecified atom stereocenters. The van der Waals surface area contributed by atoms with Gasteiger partial charge in [-0.05, 0) is 31.8 Å². The molecule has 0 heterocycles. The number of esters is 1. The van der Waals surface area contributed by atoms with Crippen LogP contribution in [0.25, 0.3) is 0 Å². The van der Waals surface area contributed by atoms with E-state index in [0.29, 0.717) is 23.9 Å². The normalized spacial score (nSPS) is 13.5. The lowest BCUT2D eigenvalue weighted by molar-refractivity contribution is -0.870. The SMILES string of the molecule is CCCCCCCCCCC/C=C/C(OC(=O)CCCCCCCCCCCCCCCCCCCCCCCCC)C(COP(=O)(O)OCC[N+](C)(C)C)NC(=O)CCCCCCCCCCCCCCCCCCCCCCC. The lowest BCUT2D eigenvalue weighted by Crippen LogP contribution is -2.47. The number of nitrogens with one attached hydrogen (secondary N) is 1. The molecule has 9 nitrogen and oxygen atoms in total. The average Bonchev–Trinajstić information content (AvgIpc) is 3.44. The fraction of sp³-hybridized carbons (Fsp3) is 0.944. The molecular formula is C71H142N2O7P+. The number of ether oxygens (including phenoxy) is 1. The number of rotatable bonds is 67. The molecule has 81 heavy (non-hydrogen) atoms. The van der Waals surface area contributed by atoms with Crippen LogP contribution in [-0.4, -0.2) is 74.3 Å². The van der Waals surface area contributed by atoms with E-state index in [1.54, 1.807) is 0 Å². The predicted molar refractivity (Wildman–Crippen MR) is 351 cm³/mol. The number of quaternary nitrogens is 1. The Morgan fingerprint density at radius 2 is 0.704 bits per heavy atom. The topological polar surface area (TPSA) is 111 Å². The molecule has 0 aromatic carbocycles. The van der Waals surface area contributed by atoms with Gasteiger partial charge in [0, 0.05) is 12.8 Å². The minimum Gasteiger partial charge on any atom is -0.456 e. The van der Waals surface area contributed by atoms with Crippen LogP contribution < -0.4 is 5.32 Å². The number of phosphoric ester groups is 1. The summed E-state index contributed by atoms with van der Waals surface area (Å²) >= 11 is 0. The average molecular weight is 1170 g/mol. The van der Waals surface area contributed by atoms with Crippen LogP contribution in [0.2, 0.25) is 0 Å². The molecule has 0 radical (unpaired) electrons. The van der Waals surface area contributed by atoms with Gasteiger partial charge < -0.3 is 19.4 Å². The molecular weight excluding hydrogens is 1020 g/mol. The molecule has 0 saturated carbocycles. The van der Waals surface area contributed by atoms with E-state index < -0.39 is 20.0 Å². The van der Waals surface area contributed by atoms with Crippen LogP contribution >= 0.6 is 7.82 Å². The van der Waals surface area contributed by atoms with E-state index in [-0.39, 0.29) is 25.1 Å². The van der Waals surface area contributed by atoms with Gasteiger partial charge in [0.2, 0.25) is 5.91 Å². The van der Waals surface area contributed by atoms with E-state index in [4.69, 9.17) is 13.8 Å². The van der Waals surface area contributed by atoms with Crippen molar-refractivity contribution in [3.8, 4) is 0 Å². The van der Waals surface area contributed by atoms with E-state index in [0.717, 1.165) is 57.8 Å². The summed E-state index contributed by atoms with van der Waals surface area (Å²) in [6, 6.07) is -0.840. The highest BCUT2D eigenvalue weighted by atomic mass is 31.2. The van der Waals surface area contributed by atoms with Crippen molar-refractivity contribution in [2.45, 2.75) is 392 Å². The van der Waals surface area contributed by atoms with Crippen molar-refractivity contribution in [1.29, 1.82) is 0 Å². The molecule has 2 N–H and O–H groups in total. The zero-order chi connectivity index (χ0) is 59.3. The third-order valence-electron chi connectivity index (χ3n) is 16.7. The molecule has 0 aliphatic carbocycles. The molecule has 0 aliphatic heterocycles. The number of likely N-dealkylation sites (N-methyl/N-ethyl adjacent to an activating group) is 1. The molecule has 482 valence electrons. The van der Waals surface area contributed by atoms with Crippen LogP contribution in [-0.2, 0) is 27.9 Å². The van der Waals surface area contributed by atoms with Gasteiger partial charge in [0.15, 0.2) is 0 Å². The van der Waals surface area contributed by atoms with Crippen LogP contribution in [0.15, 0.2) is 12.2 Å². The fourth-order valence-corrected chi connectivity index (χ4v) is 11.9. The summed E-state index contributed by atoms with van der Waals surface area (Å²) in [6.07, 6.45) is 73.7. The Balaban J connectivity index is 4.97. The van der Waals surface area contributed by atoms with E-state index in [9.17, 15) is 19.0 Å². The smallest absolute Gasteiger partial charge is 0.456 e. The van der Waals surface area contributed by atoms with E-state index in [1.165, 1.54) is 289 Å². The maximum absolute atomic E-state index is 13.6. The molecule has 0 bridgehead atoms. The van der Waals surface area contributed by atoms with Crippen molar-refractivity contribution >= 4 is 19.7 Å². The quantitative estimate of drug-likeness (QED) is 0.0205. The van der Waals surface area contributed by atoms with E-state index >= 15 is 0 Å². The summed E-state index contributed by atoms with van der Waals surface area (Å²) in [6.45, 7) is 7.09. The minimum atomic E-state index is -4.44. The van der Waals surface area contributed by atoms with Crippen molar-refractivity contribution in [1.82, 2.24) is 5.32 Å². The third kappa shape index (κ3) is 63.1. The zero-order valence-electron chi connectivity index (χ0n) is 55.3. The van der Waals surface area contributed by atoms with Gasteiger partial charge in [0.05, 0.1) is 33.8 Å². The maximum Gasteiger partial charge on any atom is 0.472 e. The largest absolute Gasteiger partial charge is 0.472 e. The molecule has 0 fully saturated rings. The summed E-state index contributed by atoms with van der Waals surface area (Å²) in [5, 5.41) is 3.08. The lowest BCUT2D eigenvalue weighted by Gasteiger charge is -2.27. The van der Waals surface area contributed by atoms with Gasteiger partial charge in [-0.2, -0.15) is 0 Å². The van der Waals surface area contributed by atoms with Gasteiger partial charge in [0.25, 0.3) is 0 Å². The second-order valence-electron chi connectivity index (χ2n) is 26.1. The number of nitrogens with zero attached hydrogens (tertiary/aromatic N) is 1. The van der Waals surface area contributed by atoms with Crippen LogP contribution in [0.4, 0.5) is 0 Å². The Bertz CT molecular complexity index is 1390. The maximum atomic E-state index is 13.6. The van der Waals surface area contributed by atoms with Crippen LogP contribution in [0.5, 0.6) is 0 Å². The highest BCUT2D eigenvalue weighted by Gasteiger charge is 2.30. The third-order valence-corrected chi connectivity index (χ3v) is 17.7. The highest BCUT2D eigenvalue weighted by Crippen LogP contribution is 2.43. The molecule has 0 aromatic rings. The number of hydrogen-bond acceptors (Lipinski definition) is 6. The number of allylic oxidation sites excluding steroid dienone is 1. The van der Waals surface area contributed by atoms with Crippen molar-refractivity contribution < 1.29 is 37.3 Å². The highest BCUT2D eigenvalue weighted by molar-refractivity contribution is 7.47. The second kappa shape index (κ2) is 61.8. The van der Waals surface area contributed by atoms with Gasteiger partial charge in [-0.1, -0.05) is 348 Å². The second-order valence-corrected chi connectivity index (χ2v) is 27.6. The molecule has 0 aliphatic rings. The van der Waals surface area contributed by atoms with Gasteiger partial charge >= 0.3 is 13.8 Å². The molecule has 0 saturated heterocycles. The lowest BCUT2D eigenvalue weighted by atomic mass is 10.0. The summed E-state index contributed by atoms with van der Waals surface area (Å²) in [5.74, 6) is -0.477. The summed E-state index contributed by atoms with van der Waals surface area (Å²) in [5.41, 5.74) is 0. The predicted octanol–water partition coefficient (Wildman–Crippen LogP) is 22.7. The van der Waals surface area contributed by atoms with Gasteiger partial charge in [-0.15, -0.1) is 0 Å². The number of carbonyl (C=O) groups is 2. The van der Waals surface area contributed by atoms with Crippen molar-refractivity contribution in [3.63, 3.8) is 0 Å². The van der Waals surface area contributed by atoms with Gasteiger partial charge in [0.1, 0.15) is 19.3 Å². The number of amides is 1. The summed E-state index contributed by atoms with van der Waals surface area (Å²) in [7, 11) is 1.52. The van der Waals surface area contributed by atoms with Crippen LogP contribution in [0, 0.1) is 0 Å². The Morgan fingerprint density at radius 3 is 1.01 bits per heavy atom. The first kappa shape index (κ1) is 79.8. The Kier molecular flexibility index (Phi) is 60.9. The summed E-state index contributed by atoms with van der Waals surface area (Å²) in [4.78, 5) is 37.9. The Labute approximate surface area is 505 Å². The zero-order valence-corrected chi connectivity index (χ0v) is 56.2. The molecule has 1 amide bonds. The van der Waals surface area contributed by atoms with Gasteiger partial charge in [-0.25, -0.2) is 4.57 Å². The molecule has 0 aromatic heterocycles. The summed E-state index contributed by atoms with van der Waals surface area (Å²) < 4.78 is 30.8. The van der Waals surface area contributed by atoms with Crippen LogP contribution in [0.1, 0.15) is 380 Å². The minimum absolute atomic E-state index is 0.0460. The van der Waals surface area contributed by atoms with Crippen molar-refractivity contribution in [3.05, 3.63) is 12.2 Å². The molecule has 0 rings (SSSR count). The van der Waals surface area contributed by atoms with E-state index in [1.807, 2.05) is 33.3 Å². The standard InChI is InChI=1S/C71H141N2O7P/c1-7-10-13-16-19-22-25-27-29-31-33-35-36-38-40-42-44-46-49-52-55-58-61-64-71(75)80-69(62-59-56-53-50-47-24-21-18-15-12-9-3)68(67-79-81(76,77)78-66-65-73(4,5)6)72-70(74)63-60-57-54-51-48-45-43-41-39-37-34-32-30-28-26-23-20-17-14-11-8-2/h59,62,68-69H,7-58,60-61,63-67H2,1-6H3,(H-,72,74,76,77)/p+1/b62-59+. The van der Waals surface area contributed by atoms with E-state index in [2.05, 4.69) is 26.1 Å². The fourth-order valence-electron chi connectivity index (χ4n) is 11.2. The monoisotopic (exact) mass is 1170 g/mol. The van der Waals surface area contributed by atoms with Gasteiger partial charge in [-0.3, -0.25) is 18.6 Å². The van der Waals surface area contributed by atoms with Crippen molar-refractivity contribution in [2.75, 3.05) is 40.9 Å².